The number of nitrogens with one attached hydrogen (secondary N) is 1. The Labute approximate surface area is 155 Å². The third-order valence-electron chi connectivity index (χ3n) is 4.02. The molecule has 0 aliphatic carbocycles. The molecule has 0 spiro atoms. The monoisotopic (exact) mass is 378 g/mol. The number of carbonyl (C=O) groups excluding carboxylic acids is 1. The third-order valence-corrected chi connectivity index (χ3v) is 5.20. The highest BCUT2D eigenvalue weighted by molar-refractivity contribution is 7.92. The molecule has 1 heterocycles. The molecule has 1 amide bonds. The molecule has 26 heavy (non-hydrogen) atoms. The topological polar surface area (TPSA) is 84.3 Å². The maximum atomic E-state index is 12.1. The number of sulfonamides is 1. The van der Waals surface area contributed by atoms with E-state index in [9.17, 15) is 13.2 Å². The number of hydrogen-bond donors (Lipinski definition) is 1. The van der Waals surface area contributed by atoms with Crippen LogP contribution in [0.5, 0.6) is 0 Å². The van der Waals surface area contributed by atoms with Crippen molar-refractivity contribution in [3.05, 3.63) is 48.5 Å². The van der Waals surface area contributed by atoms with E-state index in [0.717, 1.165) is 18.5 Å². The minimum Gasteiger partial charge on any atom is -0.356 e. The van der Waals surface area contributed by atoms with Gasteiger partial charge in [0.1, 0.15) is 0 Å². The Morgan fingerprint density at radius 1 is 1.27 bits per heavy atom. The Kier molecular flexibility index (Phi) is 7.20. The largest absolute Gasteiger partial charge is 0.356 e. The van der Waals surface area contributed by atoms with Crippen LogP contribution in [0.1, 0.15) is 24.8 Å². The molecule has 1 aromatic carbocycles. The number of anilines is 1. The van der Waals surface area contributed by atoms with E-state index >= 15 is 0 Å². The first kappa shape index (κ1) is 20.0. The van der Waals surface area contributed by atoms with Crippen molar-refractivity contribution in [3.8, 4) is 0 Å². The second-order valence-electron chi connectivity index (χ2n) is 6.23. The first-order valence-electron chi connectivity index (χ1n) is 8.63. The maximum absolute atomic E-state index is 12.1. The van der Waals surface area contributed by atoms with Crippen molar-refractivity contribution >= 4 is 21.6 Å². The zero-order chi connectivity index (χ0) is 19.0. The molecule has 0 saturated heterocycles. The van der Waals surface area contributed by atoms with Crippen LogP contribution in [0, 0.1) is 6.92 Å². The van der Waals surface area contributed by atoms with Crippen molar-refractivity contribution in [2.75, 3.05) is 23.7 Å². The molecule has 0 fully saturated rings. The Hall–Kier alpha value is -2.35. The van der Waals surface area contributed by atoms with Crippen LogP contribution in [0.15, 0.2) is 43.0 Å². The van der Waals surface area contributed by atoms with Crippen molar-refractivity contribution < 1.29 is 13.2 Å². The van der Waals surface area contributed by atoms with Gasteiger partial charge in [-0.1, -0.05) is 18.2 Å². The van der Waals surface area contributed by atoms with E-state index < -0.39 is 10.0 Å². The predicted octanol–water partition coefficient (Wildman–Crippen LogP) is 1.94. The van der Waals surface area contributed by atoms with Gasteiger partial charge in [-0.05, 0) is 31.4 Å². The van der Waals surface area contributed by atoms with Gasteiger partial charge in [0.05, 0.1) is 18.3 Å². The first-order valence-corrected chi connectivity index (χ1v) is 10.5. The molecule has 0 bridgehead atoms. The van der Waals surface area contributed by atoms with E-state index in [2.05, 4.69) is 10.3 Å². The Bertz CT molecular complexity index is 804. The minimum absolute atomic E-state index is 0.0612. The third kappa shape index (κ3) is 6.18. The van der Waals surface area contributed by atoms with Gasteiger partial charge in [-0.3, -0.25) is 9.10 Å². The summed E-state index contributed by atoms with van der Waals surface area (Å²) < 4.78 is 27.5. The number of imidazole rings is 1. The Morgan fingerprint density at radius 3 is 2.69 bits per heavy atom. The molecule has 1 N–H and O–H groups in total. The van der Waals surface area contributed by atoms with Crippen LogP contribution in [0.2, 0.25) is 0 Å². The second-order valence-corrected chi connectivity index (χ2v) is 8.14. The van der Waals surface area contributed by atoms with Crippen LogP contribution in [-0.4, -0.2) is 43.2 Å². The molecule has 142 valence electrons. The quantitative estimate of drug-likeness (QED) is 0.641. The summed E-state index contributed by atoms with van der Waals surface area (Å²) in [5.74, 6) is -0.0612. The first-order chi connectivity index (χ1) is 12.4. The van der Waals surface area contributed by atoms with Crippen molar-refractivity contribution in [2.24, 2.45) is 0 Å². The lowest BCUT2D eigenvalue weighted by atomic mass is 10.2. The summed E-state index contributed by atoms with van der Waals surface area (Å²) in [7, 11) is -3.39. The van der Waals surface area contributed by atoms with Gasteiger partial charge >= 0.3 is 0 Å². The van der Waals surface area contributed by atoms with Crippen LogP contribution in [0.3, 0.4) is 0 Å². The number of carbonyl (C=O) groups is 1. The van der Waals surface area contributed by atoms with Crippen molar-refractivity contribution in [1.29, 1.82) is 0 Å². The lowest BCUT2D eigenvalue weighted by Crippen LogP contribution is -2.32. The highest BCUT2D eigenvalue weighted by Gasteiger charge is 2.18. The zero-order valence-electron chi connectivity index (χ0n) is 15.3. The highest BCUT2D eigenvalue weighted by atomic mass is 32.2. The van der Waals surface area contributed by atoms with Gasteiger partial charge in [-0.15, -0.1) is 0 Å². The van der Waals surface area contributed by atoms with Crippen LogP contribution in [-0.2, 0) is 21.4 Å². The number of nitrogens with zero attached hydrogens (tertiary/aromatic N) is 3. The molecule has 0 radical (unpaired) electrons. The van der Waals surface area contributed by atoms with Gasteiger partial charge in [-0.2, -0.15) is 0 Å². The van der Waals surface area contributed by atoms with Gasteiger partial charge in [0.15, 0.2) is 0 Å². The molecular weight excluding hydrogens is 352 g/mol. The van der Waals surface area contributed by atoms with Crippen LogP contribution < -0.4 is 9.62 Å². The van der Waals surface area contributed by atoms with E-state index in [1.165, 1.54) is 10.6 Å². The van der Waals surface area contributed by atoms with Crippen LogP contribution in [0.4, 0.5) is 5.69 Å². The fraction of sp³-hybridized carbons (Fsp3) is 0.444. The van der Waals surface area contributed by atoms with Gasteiger partial charge in [0, 0.05) is 38.4 Å². The highest BCUT2D eigenvalue weighted by Crippen LogP contribution is 2.22. The summed E-state index contributed by atoms with van der Waals surface area (Å²) >= 11 is 0. The molecule has 2 rings (SSSR count). The normalized spacial score (nSPS) is 11.3. The number of para-hydroxylation sites is 1. The van der Waals surface area contributed by atoms with Crippen molar-refractivity contribution in [1.82, 2.24) is 14.9 Å². The average Bonchev–Trinajstić information content (AvgIpc) is 3.09. The zero-order valence-corrected chi connectivity index (χ0v) is 16.1. The number of amides is 1. The Balaban J connectivity index is 1.76. The minimum atomic E-state index is -3.39. The van der Waals surface area contributed by atoms with Crippen molar-refractivity contribution in [2.45, 2.75) is 32.7 Å². The number of hydrogen-bond acceptors (Lipinski definition) is 4. The molecule has 2 aromatic rings. The Morgan fingerprint density at radius 2 is 2.04 bits per heavy atom. The fourth-order valence-corrected chi connectivity index (χ4v) is 3.71. The van der Waals surface area contributed by atoms with Crippen molar-refractivity contribution in [3.63, 3.8) is 0 Å². The smallest absolute Gasteiger partial charge is 0.232 e. The maximum Gasteiger partial charge on any atom is 0.232 e. The molecular formula is C18H26N4O3S. The van der Waals surface area contributed by atoms with Gasteiger partial charge in [0.2, 0.25) is 15.9 Å². The standard InChI is InChI=1S/C18H26N4O3S/c1-16-7-3-4-8-17(16)22(26(2,24)25)13-5-9-18(23)20-10-6-12-21-14-11-19-15-21/h3-4,7-8,11,14-15H,5-6,9-10,12-13H2,1-2H3,(H,20,23). The molecule has 0 aliphatic heterocycles. The molecule has 0 aliphatic rings. The lowest BCUT2D eigenvalue weighted by Gasteiger charge is -2.24. The average molecular weight is 378 g/mol. The molecule has 0 saturated carbocycles. The number of benzene rings is 1. The summed E-state index contributed by atoms with van der Waals surface area (Å²) in [4.78, 5) is 15.9. The SMILES string of the molecule is Cc1ccccc1N(CCCC(=O)NCCCn1ccnc1)S(C)(=O)=O. The van der Waals surface area contributed by atoms with Crippen LogP contribution in [0.25, 0.3) is 0 Å². The van der Waals surface area contributed by atoms with E-state index in [0.29, 0.717) is 25.1 Å². The van der Waals surface area contributed by atoms with Crippen LogP contribution >= 0.6 is 0 Å². The second kappa shape index (κ2) is 9.38. The molecule has 0 atom stereocenters. The summed E-state index contributed by atoms with van der Waals surface area (Å²) in [6.45, 7) is 3.55. The summed E-state index contributed by atoms with van der Waals surface area (Å²) in [5, 5.41) is 2.87. The van der Waals surface area contributed by atoms with E-state index in [1.807, 2.05) is 35.9 Å². The summed E-state index contributed by atoms with van der Waals surface area (Å²) in [6.07, 6.45) is 8.12. The lowest BCUT2D eigenvalue weighted by molar-refractivity contribution is -0.121. The van der Waals surface area contributed by atoms with E-state index in [4.69, 9.17) is 0 Å². The van der Waals surface area contributed by atoms with Gasteiger partial charge in [0.25, 0.3) is 0 Å². The molecule has 0 unspecified atom stereocenters. The molecule has 7 nitrogen and oxygen atoms in total. The molecule has 1 aromatic heterocycles. The van der Waals surface area contributed by atoms with Gasteiger partial charge < -0.3 is 9.88 Å². The van der Waals surface area contributed by atoms with Gasteiger partial charge in [-0.25, -0.2) is 13.4 Å². The number of aryl methyl sites for hydroxylation is 2. The fourth-order valence-electron chi connectivity index (χ4n) is 2.69. The van der Waals surface area contributed by atoms with E-state index in [-0.39, 0.29) is 12.5 Å². The number of rotatable bonds is 10. The van der Waals surface area contributed by atoms with E-state index in [1.54, 1.807) is 18.6 Å². The molecule has 8 heteroatoms. The summed E-state index contributed by atoms with van der Waals surface area (Å²) in [6, 6.07) is 7.34. The summed E-state index contributed by atoms with van der Waals surface area (Å²) in [5.41, 5.74) is 1.55. The number of aromatic nitrogens is 2. The predicted molar refractivity (Wildman–Crippen MR) is 102 cm³/mol.